The second kappa shape index (κ2) is 6.36. The fraction of sp³-hybridized carbons (Fsp3) is 0.467. The van der Waals surface area contributed by atoms with Crippen molar-refractivity contribution in [2.75, 3.05) is 13.1 Å². The number of carbonyl (C=O) groups is 2. The predicted molar refractivity (Wildman–Crippen MR) is 72.4 cm³/mol. The molecular weight excluding hydrogens is 242 g/mol. The lowest BCUT2D eigenvalue weighted by Gasteiger charge is -2.29. The van der Waals surface area contributed by atoms with Crippen molar-refractivity contribution in [2.24, 2.45) is 0 Å². The normalized spacial score (nSPS) is 16.8. The first kappa shape index (κ1) is 13.6. The van der Waals surface area contributed by atoms with Crippen LogP contribution in [0.3, 0.4) is 0 Å². The fourth-order valence-corrected chi connectivity index (χ4v) is 2.29. The molecule has 0 radical (unpaired) electrons. The molecule has 1 aliphatic heterocycles. The highest BCUT2D eigenvalue weighted by atomic mass is 16.5. The lowest BCUT2D eigenvalue weighted by molar-refractivity contribution is -0.138. The summed E-state index contributed by atoms with van der Waals surface area (Å²) >= 11 is 0. The average Bonchev–Trinajstić information content (AvgIpc) is 2.47. The summed E-state index contributed by atoms with van der Waals surface area (Å²) in [7, 11) is 0. The molecule has 4 heteroatoms. The topological polar surface area (TPSA) is 46.6 Å². The number of ether oxygens (including phenoxy) is 1. The summed E-state index contributed by atoms with van der Waals surface area (Å²) in [5.74, 6) is 0.582. The van der Waals surface area contributed by atoms with Gasteiger partial charge in [0.1, 0.15) is 12.0 Å². The van der Waals surface area contributed by atoms with Crippen LogP contribution in [0.25, 0.3) is 0 Å². The van der Waals surface area contributed by atoms with E-state index in [1.807, 2.05) is 4.90 Å². The SMILES string of the molecule is CC(Oc1cccc(C=O)c1)C(=O)N1CCCCC1. The van der Waals surface area contributed by atoms with Crippen molar-refractivity contribution in [1.29, 1.82) is 0 Å². The third kappa shape index (κ3) is 3.56. The predicted octanol–water partition coefficient (Wildman–Crippen LogP) is 2.28. The second-order valence-electron chi connectivity index (χ2n) is 4.84. The van der Waals surface area contributed by atoms with E-state index in [9.17, 15) is 9.59 Å². The summed E-state index contributed by atoms with van der Waals surface area (Å²) in [4.78, 5) is 24.7. The number of rotatable bonds is 4. The van der Waals surface area contributed by atoms with Crippen molar-refractivity contribution >= 4 is 12.2 Å². The molecule has 1 saturated heterocycles. The monoisotopic (exact) mass is 261 g/mol. The Morgan fingerprint density at radius 1 is 1.32 bits per heavy atom. The van der Waals surface area contributed by atoms with E-state index in [4.69, 9.17) is 4.74 Å². The number of carbonyl (C=O) groups excluding carboxylic acids is 2. The molecule has 19 heavy (non-hydrogen) atoms. The Labute approximate surface area is 113 Å². The third-order valence-corrected chi connectivity index (χ3v) is 3.32. The number of nitrogens with zero attached hydrogens (tertiary/aromatic N) is 1. The Hall–Kier alpha value is -1.84. The maximum Gasteiger partial charge on any atom is 0.263 e. The Morgan fingerprint density at radius 3 is 2.74 bits per heavy atom. The largest absolute Gasteiger partial charge is 0.481 e. The highest BCUT2D eigenvalue weighted by Gasteiger charge is 2.23. The summed E-state index contributed by atoms with van der Waals surface area (Å²) in [6, 6.07) is 6.86. The molecule has 1 atom stereocenters. The molecule has 1 heterocycles. The molecule has 0 saturated carbocycles. The van der Waals surface area contributed by atoms with Gasteiger partial charge in [-0.3, -0.25) is 9.59 Å². The van der Waals surface area contributed by atoms with E-state index in [1.165, 1.54) is 6.42 Å². The molecule has 4 nitrogen and oxygen atoms in total. The molecule has 0 spiro atoms. The van der Waals surface area contributed by atoms with Gasteiger partial charge in [0.15, 0.2) is 6.10 Å². The van der Waals surface area contributed by atoms with Crippen molar-refractivity contribution in [1.82, 2.24) is 4.90 Å². The van der Waals surface area contributed by atoms with E-state index in [1.54, 1.807) is 31.2 Å². The van der Waals surface area contributed by atoms with Crippen molar-refractivity contribution < 1.29 is 14.3 Å². The summed E-state index contributed by atoms with van der Waals surface area (Å²) in [6.07, 6.45) is 3.59. The van der Waals surface area contributed by atoms with Crippen LogP contribution in [0.15, 0.2) is 24.3 Å². The van der Waals surface area contributed by atoms with Gasteiger partial charge in [0.25, 0.3) is 5.91 Å². The highest BCUT2D eigenvalue weighted by molar-refractivity contribution is 5.81. The van der Waals surface area contributed by atoms with Gasteiger partial charge in [-0.1, -0.05) is 12.1 Å². The molecule has 1 aliphatic rings. The third-order valence-electron chi connectivity index (χ3n) is 3.32. The molecule has 2 rings (SSSR count). The molecule has 0 aromatic heterocycles. The van der Waals surface area contributed by atoms with Crippen LogP contribution in [0.1, 0.15) is 36.5 Å². The lowest BCUT2D eigenvalue weighted by Crippen LogP contribution is -2.43. The van der Waals surface area contributed by atoms with Crippen LogP contribution in [0.5, 0.6) is 5.75 Å². The summed E-state index contributed by atoms with van der Waals surface area (Å²) in [6.45, 7) is 3.40. The van der Waals surface area contributed by atoms with Gasteiger partial charge in [0.05, 0.1) is 0 Å². The fourth-order valence-electron chi connectivity index (χ4n) is 2.29. The zero-order valence-corrected chi connectivity index (χ0v) is 11.2. The van der Waals surface area contributed by atoms with Crippen LogP contribution in [0.2, 0.25) is 0 Å². The van der Waals surface area contributed by atoms with Gasteiger partial charge in [-0.05, 0) is 38.3 Å². The number of likely N-dealkylation sites (tertiary alicyclic amines) is 1. The number of benzene rings is 1. The van der Waals surface area contributed by atoms with Gasteiger partial charge in [0.2, 0.25) is 0 Å². The number of piperidine rings is 1. The zero-order valence-electron chi connectivity index (χ0n) is 11.2. The Morgan fingerprint density at radius 2 is 2.05 bits per heavy atom. The lowest BCUT2D eigenvalue weighted by atomic mass is 10.1. The van der Waals surface area contributed by atoms with Gasteiger partial charge >= 0.3 is 0 Å². The second-order valence-corrected chi connectivity index (χ2v) is 4.84. The number of hydrogen-bond acceptors (Lipinski definition) is 3. The molecule has 0 aliphatic carbocycles. The summed E-state index contributed by atoms with van der Waals surface area (Å²) < 4.78 is 5.62. The standard InChI is InChI=1S/C15H19NO3/c1-12(15(18)16-8-3-2-4-9-16)19-14-7-5-6-13(10-14)11-17/h5-7,10-12H,2-4,8-9H2,1H3. The van der Waals surface area contributed by atoms with E-state index in [0.29, 0.717) is 11.3 Å². The van der Waals surface area contributed by atoms with E-state index in [-0.39, 0.29) is 5.91 Å². The van der Waals surface area contributed by atoms with Crippen LogP contribution in [-0.2, 0) is 4.79 Å². The number of hydrogen-bond donors (Lipinski definition) is 0. The molecule has 1 fully saturated rings. The average molecular weight is 261 g/mol. The van der Waals surface area contributed by atoms with Crippen LogP contribution in [-0.4, -0.2) is 36.3 Å². The Bertz CT molecular complexity index is 452. The minimum Gasteiger partial charge on any atom is -0.481 e. The zero-order chi connectivity index (χ0) is 13.7. The number of aldehydes is 1. The number of amides is 1. The highest BCUT2D eigenvalue weighted by Crippen LogP contribution is 2.16. The van der Waals surface area contributed by atoms with Gasteiger partial charge < -0.3 is 9.64 Å². The van der Waals surface area contributed by atoms with Crippen molar-refractivity contribution in [3.05, 3.63) is 29.8 Å². The van der Waals surface area contributed by atoms with Crippen LogP contribution in [0.4, 0.5) is 0 Å². The summed E-state index contributed by atoms with van der Waals surface area (Å²) in [5.41, 5.74) is 0.551. The molecule has 102 valence electrons. The molecule has 1 aromatic carbocycles. The van der Waals surface area contributed by atoms with E-state index >= 15 is 0 Å². The molecule has 1 unspecified atom stereocenters. The molecular formula is C15H19NO3. The van der Waals surface area contributed by atoms with Crippen molar-refractivity contribution in [2.45, 2.75) is 32.3 Å². The van der Waals surface area contributed by atoms with E-state index in [0.717, 1.165) is 32.2 Å². The molecule has 1 aromatic rings. The maximum atomic E-state index is 12.2. The van der Waals surface area contributed by atoms with Gasteiger partial charge in [-0.25, -0.2) is 0 Å². The van der Waals surface area contributed by atoms with Crippen LogP contribution < -0.4 is 4.74 Å². The Balaban J connectivity index is 1.97. The first-order valence-electron chi connectivity index (χ1n) is 6.71. The molecule has 1 amide bonds. The Kier molecular flexibility index (Phi) is 4.55. The first-order valence-corrected chi connectivity index (χ1v) is 6.71. The van der Waals surface area contributed by atoms with Crippen molar-refractivity contribution in [3.63, 3.8) is 0 Å². The summed E-state index contributed by atoms with van der Waals surface area (Å²) in [5, 5.41) is 0. The van der Waals surface area contributed by atoms with Crippen LogP contribution in [0, 0.1) is 0 Å². The van der Waals surface area contributed by atoms with Crippen molar-refractivity contribution in [3.8, 4) is 5.75 Å². The van der Waals surface area contributed by atoms with Gasteiger partial charge in [-0.15, -0.1) is 0 Å². The van der Waals surface area contributed by atoms with E-state index < -0.39 is 6.10 Å². The quantitative estimate of drug-likeness (QED) is 0.781. The smallest absolute Gasteiger partial charge is 0.263 e. The minimum absolute atomic E-state index is 0.0243. The minimum atomic E-state index is -0.514. The van der Waals surface area contributed by atoms with Gasteiger partial charge in [0, 0.05) is 18.7 Å². The van der Waals surface area contributed by atoms with Gasteiger partial charge in [-0.2, -0.15) is 0 Å². The van der Waals surface area contributed by atoms with E-state index in [2.05, 4.69) is 0 Å². The first-order chi connectivity index (χ1) is 9.20. The molecule has 0 N–H and O–H groups in total. The maximum absolute atomic E-state index is 12.2. The van der Waals surface area contributed by atoms with Crippen LogP contribution >= 0.6 is 0 Å². The molecule has 0 bridgehead atoms.